The predicted molar refractivity (Wildman–Crippen MR) is 69.5 cm³/mol. The maximum atomic E-state index is 10.1. The molecule has 0 unspecified atom stereocenters. The highest BCUT2D eigenvalue weighted by Crippen LogP contribution is 2.29. The summed E-state index contributed by atoms with van der Waals surface area (Å²) in [5, 5.41) is 13.7. The molecule has 0 radical (unpaired) electrons. The molecule has 96 valence electrons. The fourth-order valence-electron chi connectivity index (χ4n) is 2.40. The topological polar surface area (TPSA) is 32.3 Å². The van der Waals surface area contributed by atoms with Crippen LogP contribution in [0.1, 0.15) is 66.7 Å². The van der Waals surface area contributed by atoms with Crippen molar-refractivity contribution in [2.45, 2.75) is 83.9 Å². The van der Waals surface area contributed by atoms with Crippen LogP contribution >= 0.6 is 0 Å². The normalized spacial score (nSPS) is 28.1. The van der Waals surface area contributed by atoms with Crippen molar-refractivity contribution in [2.75, 3.05) is 0 Å². The van der Waals surface area contributed by atoms with Gasteiger partial charge in [-0.1, -0.05) is 13.3 Å². The Morgan fingerprint density at radius 1 is 1.06 bits per heavy atom. The molecule has 0 aromatic heterocycles. The van der Waals surface area contributed by atoms with Gasteiger partial charge in [-0.25, -0.2) is 0 Å². The van der Waals surface area contributed by atoms with Crippen LogP contribution in [0.2, 0.25) is 0 Å². The van der Waals surface area contributed by atoms with Crippen molar-refractivity contribution in [3.63, 3.8) is 0 Å². The van der Waals surface area contributed by atoms with Gasteiger partial charge >= 0.3 is 0 Å². The molecule has 2 N–H and O–H groups in total. The van der Waals surface area contributed by atoms with Crippen LogP contribution in [-0.4, -0.2) is 22.3 Å². The average Bonchev–Trinajstić information content (AvgIpc) is 2.16. The standard InChI is InChI=1S/C14H29NO/c1-6-11-7-9-12(10-8-11)15-13(2,3)14(4,5)16/h11-12,15-16H,6-10H2,1-5H3. The van der Waals surface area contributed by atoms with Crippen LogP contribution < -0.4 is 5.32 Å². The molecule has 0 amide bonds. The van der Waals surface area contributed by atoms with Gasteiger partial charge in [0.05, 0.1) is 5.60 Å². The first-order valence-electron chi connectivity index (χ1n) is 6.76. The van der Waals surface area contributed by atoms with Gasteiger partial charge in [0, 0.05) is 11.6 Å². The van der Waals surface area contributed by atoms with E-state index in [4.69, 9.17) is 0 Å². The van der Waals surface area contributed by atoms with Crippen molar-refractivity contribution in [3.8, 4) is 0 Å². The van der Waals surface area contributed by atoms with E-state index in [1.54, 1.807) is 0 Å². The lowest BCUT2D eigenvalue weighted by Crippen LogP contribution is -2.59. The summed E-state index contributed by atoms with van der Waals surface area (Å²) in [4.78, 5) is 0. The Morgan fingerprint density at radius 3 is 1.94 bits per heavy atom. The summed E-state index contributed by atoms with van der Waals surface area (Å²) < 4.78 is 0. The Kier molecular flexibility index (Phi) is 4.42. The van der Waals surface area contributed by atoms with E-state index in [2.05, 4.69) is 26.1 Å². The van der Waals surface area contributed by atoms with Gasteiger partial charge in [-0.15, -0.1) is 0 Å². The van der Waals surface area contributed by atoms with Crippen LogP contribution in [-0.2, 0) is 0 Å². The van der Waals surface area contributed by atoms with Crippen molar-refractivity contribution < 1.29 is 5.11 Å². The van der Waals surface area contributed by atoms with E-state index in [0.29, 0.717) is 6.04 Å². The Labute approximate surface area is 101 Å². The highest BCUT2D eigenvalue weighted by atomic mass is 16.3. The fourth-order valence-corrected chi connectivity index (χ4v) is 2.40. The monoisotopic (exact) mass is 227 g/mol. The van der Waals surface area contributed by atoms with Gasteiger partial charge in [0.1, 0.15) is 0 Å². The molecule has 0 atom stereocenters. The molecule has 0 aromatic rings. The summed E-state index contributed by atoms with van der Waals surface area (Å²) in [6.45, 7) is 10.3. The van der Waals surface area contributed by atoms with Crippen LogP contribution in [0.3, 0.4) is 0 Å². The first kappa shape index (κ1) is 14.0. The lowest BCUT2D eigenvalue weighted by atomic mass is 9.80. The highest BCUT2D eigenvalue weighted by Gasteiger charge is 2.37. The quantitative estimate of drug-likeness (QED) is 0.773. The van der Waals surface area contributed by atoms with Gasteiger partial charge in [-0.05, 0) is 59.3 Å². The molecular formula is C14H29NO. The van der Waals surface area contributed by atoms with Crippen LogP contribution in [0.25, 0.3) is 0 Å². The Hall–Kier alpha value is -0.0800. The van der Waals surface area contributed by atoms with Crippen LogP contribution in [0, 0.1) is 5.92 Å². The molecule has 1 aliphatic rings. The van der Waals surface area contributed by atoms with E-state index in [-0.39, 0.29) is 5.54 Å². The van der Waals surface area contributed by atoms with E-state index in [1.807, 2.05) is 13.8 Å². The molecule has 0 bridgehead atoms. The molecule has 0 spiro atoms. The summed E-state index contributed by atoms with van der Waals surface area (Å²) in [6.07, 6.45) is 6.53. The van der Waals surface area contributed by atoms with E-state index >= 15 is 0 Å². The zero-order valence-corrected chi connectivity index (χ0v) is 11.6. The number of hydrogen-bond acceptors (Lipinski definition) is 2. The Balaban J connectivity index is 2.45. The minimum atomic E-state index is -0.672. The summed E-state index contributed by atoms with van der Waals surface area (Å²) in [6, 6.07) is 0.587. The van der Waals surface area contributed by atoms with Gasteiger partial charge < -0.3 is 10.4 Å². The first-order chi connectivity index (χ1) is 7.26. The number of rotatable bonds is 4. The zero-order valence-electron chi connectivity index (χ0n) is 11.6. The van der Waals surface area contributed by atoms with Crippen LogP contribution in [0.5, 0.6) is 0 Å². The third kappa shape index (κ3) is 3.46. The first-order valence-corrected chi connectivity index (χ1v) is 6.76. The number of nitrogens with one attached hydrogen (secondary N) is 1. The average molecular weight is 227 g/mol. The Bertz CT molecular complexity index is 209. The lowest BCUT2D eigenvalue weighted by Gasteiger charge is -2.42. The second kappa shape index (κ2) is 5.05. The summed E-state index contributed by atoms with van der Waals surface area (Å²) >= 11 is 0. The maximum absolute atomic E-state index is 10.1. The molecule has 0 heterocycles. The van der Waals surface area contributed by atoms with Gasteiger partial charge in [0.15, 0.2) is 0 Å². The molecule has 0 aromatic carbocycles. The fraction of sp³-hybridized carbons (Fsp3) is 1.00. The molecule has 1 aliphatic carbocycles. The van der Waals surface area contributed by atoms with Crippen molar-refractivity contribution in [1.82, 2.24) is 5.32 Å². The number of hydrogen-bond donors (Lipinski definition) is 2. The molecule has 16 heavy (non-hydrogen) atoms. The molecule has 0 saturated heterocycles. The molecule has 1 saturated carbocycles. The summed E-state index contributed by atoms with van der Waals surface area (Å²) in [7, 11) is 0. The number of aliphatic hydroxyl groups is 1. The smallest absolute Gasteiger partial charge is 0.0767 e. The van der Waals surface area contributed by atoms with Gasteiger partial charge in [-0.2, -0.15) is 0 Å². The van der Waals surface area contributed by atoms with Crippen molar-refractivity contribution in [2.24, 2.45) is 5.92 Å². The second-order valence-corrected chi connectivity index (χ2v) is 6.45. The highest BCUT2D eigenvalue weighted by molar-refractivity contribution is 4.96. The maximum Gasteiger partial charge on any atom is 0.0767 e. The van der Waals surface area contributed by atoms with E-state index in [1.165, 1.54) is 32.1 Å². The van der Waals surface area contributed by atoms with Crippen molar-refractivity contribution in [3.05, 3.63) is 0 Å². The van der Waals surface area contributed by atoms with Crippen molar-refractivity contribution in [1.29, 1.82) is 0 Å². The van der Waals surface area contributed by atoms with Gasteiger partial charge in [-0.3, -0.25) is 0 Å². The van der Waals surface area contributed by atoms with E-state index in [0.717, 1.165) is 5.92 Å². The SMILES string of the molecule is CCC1CCC(NC(C)(C)C(C)(C)O)CC1. The molecule has 2 heteroatoms. The minimum absolute atomic E-state index is 0.212. The van der Waals surface area contributed by atoms with Crippen LogP contribution in [0.4, 0.5) is 0 Å². The predicted octanol–water partition coefficient (Wildman–Crippen LogP) is 3.09. The van der Waals surface area contributed by atoms with Gasteiger partial charge in [0.2, 0.25) is 0 Å². The van der Waals surface area contributed by atoms with Crippen molar-refractivity contribution >= 4 is 0 Å². The molecule has 2 nitrogen and oxygen atoms in total. The molecular weight excluding hydrogens is 198 g/mol. The Morgan fingerprint density at radius 2 is 1.56 bits per heavy atom. The lowest BCUT2D eigenvalue weighted by molar-refractivity contribution is -0.0131. The third-order valence-corrected chi connectivity index (χ3v) is 4.52. The van der Waals surface area contributed by atoms with Gasteiger partial charge in [0.25, 0.3) is 0 Å². The summed E-state index contributed by atoms with van der Waals surface area (Å²) in [5.74, 6) is 0.934. The zero-order chi connectivity index (χ0) is 12.4. The van der Waals surface area contributed by atoms with E-state index < -0.39 is 5.60 Å². The third-order valence-electron chi connectivity index (χ3n) is 4.52. The van der Waals surface area contributed by atoms with E-state index in [9.17, 15) is 5.11 Å². The molecule has 1 rings (SSSR count). The second-order valence-electron chi connectivity index (χ2n) is 6.45. The molecule has 0 aliphatic heterocycles. The van der Waals surface area contributed by atoms with Crippen LogP contribution in [0.15, 0.2) is 0 Å². The largest absolute Gasteiger partial charge is 0.389 e. The minimum Gasteiger partial charge on any atom is -0.389 e. The summed E-state index contributed by atoms with van der Waals surface area (Å²) in [5.41, 5.74) is -0.884. The molecule has 1 fully saturated rings.